The number of hydrogen-bond donors (Lipinski definition) is 0. The third-order valence-corrected chi connectivity index (χ3v) is 5.93. The molecule has 1 saturated heterocycles. The molecule has 1 fully saturated rings. The fourth-order valence-corrected chi connectivity index (χ4v) is 4.37. The molecule has 0 aliphatic carbocycles. The van der Waals surface area contributed by atoms with Crippen LogP contribution in [-0.2, 0) is 13.0 Å². The zero-order chi connectivity index (χ0) is 18.9. The average molecular weight is 387 g/mol. The van der Waals surface area contributed by atoms with Crippen LogP contribution in [0.2, 0.25) is 0 Å². The molecule has 0 radical (unpaired) electrons. The van der Waals surface area contributed by atoms with Gasteiger partial charge in [0.2, 0.25) is 0 Å². The van der Waals surface area contributed by atoms with Crippen LogP contribution >= 0.6 is 11.5 Å². The summed E-state index contributed by atoms with van der Waals surface area (Å²) in [5.74, 6) is 0.121. The van der Waals surface area contributed by atoms with Crippen molar-refractivity contribution in [3.63, 3.8) is 0 Å². The van der Waals surface area contributed by atoms with Crippen LogP contribution in [0.5, 0.6) is 0 Å². The van der Waals surface area contributed by atoms with E-state index in [0.29, 0.717) is 0 Å². The van der Waals surface area contributed by atoms with Crippen LogP contribution < -0.4 is 0 Å². The van der Waals surface area contributed by atoms with E-state index in [1.807, 2.05) is 11.8 Å². The maximum atomic E-state index is 13.0. The molecular formula is C21H30N4OS. The normalized spacial score (nSPS) is 17.4. The van der Waals surface area contributed by atoms with Crippen molar-refractivity contribution < 1.29 is 4.79 Å². The number of benzene rings is 1. The zero-order valence-corrected chi connectivity index (χ0v) is 17.1. The van der Waals surface area contributed by atoms with Gasteiger partial charge in [-0.1, -0.05) is 54.6 Å². The van der Waals surface area contributed by atoms with Crippen LogP contribution in [-0.4, -0.2) is 51.5 Å². The quantitative estimate of drug-likeness (QED) is 0.797. The lowest BCUT2D eigenvalue weighted by atomic mass is 10.1. The Morgan fingerprint density at radius 3 is 2.48 bits per heavy atom. The summed E-state index contributed by atoms with van der Waals surface area (Å²) in [5, 5.41) is 4.11. The summed E-state index contributed by atoms with van der Waals surface area (Å²) in [6.45, 7) is 6.85. The molecule has 27 heavy (non-hydrogen) atoms. The van der Waals surface area contributed by atoms with Gasteiger partial charge in [0.25, 0.3) is 5.91 Å². The number of aryl methyl sites for hydroxylation is 1. The van der Waals surface area contributed by atoms with Gasteiger partial charge in [-0.3, -0.25) is 9.69 Å². The smallest absolute Gasteiger partial charge is 0.267 e. The van der Waals surface area contributed by atoms with Gasteiger partial charge in [-0.15, -0.1) is 5.10 Å². The first kappa shape index (κ1) is 20.0. The first-order valence-corrected chi connectivity index (χ1v) is 10.9. The summed E-state index contributed by atoms with van der Waals surface area (Å²) in [7, 11) is 0. The lowest BCUT2D eigenvalue weighted by Gasteiger charge is -2.25. The van der Waals surface area contributed by atoms with Crippen LogP contribution in [0.25, 0.3) is 0 Å². The number of amides is 1. The molecule has 0 atom stereocenters. The Morgan fingerprint density at radius 1 is 1.00 bits per heavy atom. The van der Waals surface area contributed by atoms with Gasteiger partial charge in [0.15, 0.2) is 0 Å². The maximum Gasteiger partial charge on any atom is 0.267 e. The number of carbonyl (C=O) groups excluding carboxylic acids is 1. The molecule has 1 aromatic carbocycles. The van der Waals surface area contributed by atoms with E-state index in [2.05, 4.69) is 44.8 Å². The fraction of sp³-hybridized carbons (Fsp3) is 0.571. The van der Waals surface area contributed by atoms with Gasteiger partial charge < -0.3 is 4.90 Å². The number of rotatable bonds is 4. The van der Waals surface area contributed by atoms with Gasteiger partial charge in [0.05, 0.1) is 5.69 Å². The molecule has 1 aliphatic rings. The monoisotopic (exact) mass is 386 g/mol. The second-order valence-corrected chi connectivity index (χ2v) is 7.98. The van der Waals surface area contributed by atoms with Crippen molar-refractivity contribution in [3.05, 3.63) is 46.5 Å². The van der Waals surface area contributed by atoms with Crippen molar-refractivity contribution in [2.45, 2.75) is 52.0 Å². The highest BCUT2D eigenvalue weighted by molar-refractivity contribution is 7.08. The van der Waals surface area contributed by atoms with E-state index in [4.69, 9.17) is 0 Å². The van der Waals surface area contributed by atoms with E-state index >= 15 is 0 Å². The Balaban J connectivity index is 1.62. The highest BCUT2D eigenvalue weighted by atomic mass is 32.1. The minimum Gasteiger partial charge on any atom is -0.338 e. The largest absolute Gasteiger partial charge is 0.338 e. The van der Waals surface area contributed by atoms with Gasteiger partial charge in [0, 0.05) is 26.2 Å². The molecule has 2 aromatic rings. The van der Waals surface area contributed by atoms with Crippen LogP contribution in [0.1, 0.15) is 60.0 Å². The first-order valence-electron chi connectivity index (χ1n) is 10.1. The van der Waals surface area contributed by atoms with Gasteiger partial charge in [-0.2, -0.15) is 0 Å². The molecule has 0 bridgehead atoms. The molecule has 1 aliphatic heterocycles. The van der Waals surface area contributed by atoms with Crippen molar-refractivity contribution in [1.29, 1.82) is 0 Å². The van der Waals surface area contributed by atoms with Crippen molar-refractivity contribution in [3.8, 4) is 0 Å². The Morgan fingerprint density at radius 2 is 1.70 bits per heavy atom. The van der Waals surface area contributed by atoms with E-state index in [9.17, 15) is 4.79 Å². The van der Waals surface area contributed by atoms with E-state index in [-0.39, 0.29) is 5.91 Å². The zero-order valence-electron chi connectivity index (χ0n) is 16.3. The molecule has 1 amide bonds. The van der Waals surface area contributed by atoms with Gasteiger partial charge in [-0.05, 0) is 49.3 Å². The summed E-state index contributed by atoms with van der Waals surface area (Å²) in [6.07, 6.45) is 6.50. The number of hydrogen-bond acceptors (Lipinski definition) is 5. The van der Waals surface area contributed by atoms with E-state index in [1.165, 1.54) is 36.4 Å². The number of nitrogens with zero attached hydrogens (tertiary/aromatic N) is 4. The van der Waals surface area contributed by atoms with E-state index in [1.54, 1.807) is 0 Å². The average Bonchev–Trinajstić information content (AvgIpc) is 3.15. The van der Waals surface area contributed by atoms with Gasteiger partial charge in [0.1, 0.15) is 4.88 Å². The Hall–Kier alpha value is -1.79. The second kappa shape index (κ2) is 10.5. The predicted molar refractivity (Wildman–Crippen MR) is 110 cm³/mol. The first-order chi connectivity index (χ1) is 13.3. The summed E-state index contributed by atoms with van der Waals surface area (Å²) in [6, 6.07) is 10.7. The molecule has 3 rings (SSSR count). The molecule has 5 nitrogen and oxygen atoms in total. The summed E-state index contributed by atoms with van der Waals surface area (Å²) in [4.78, 5) is 18.3. The Kier molecular flexibility index (Phi) is 7.78. The molecule has 2 heterocycles. The fourth-order valence-electron chi connectivity index (χ4n) is 3.65. The molecule has 6 heteroatoms. The second-order valence-electron chi connectivity index (χ2n) is 7.22. The lowest BCUT2D eigenvalue weighted by Crippen LogP contribution is -2.35. The predicted octanol–water partition coefficient (Wildman–Crippen LogP) is 4.01. The minimum atomic E-state index is 0.121. The van der Waals surface area contributed by atoms with Crippen LogP contribution in [0.15, 0.2) is 30.3 Å². The van der Waals surface area contributed by atoms with E-state index < -0.39 is 0 Å². The lowest BCUT2D eigenvalue weighted by molar-refractivity contribution is 0.0749. The topological polar surface area (TPSA) is 49.3 Å². The Labute approximate surface area is 166 Å². The molecule has 0 unspecified atom stereocenters. The number of carbonyl (C=O) groups is 1. The summed E-state index contributed by atoms with van der Waals surface area (Å²) in [5.41, 5.74) is 2.20. The highest BCUT2D eigenvalue weighted by Crippen LogP contribution is 2.17. The third kappa shape index (κ3) is 5.84. The highest BCUT2D eigenvalue weighted by Gasteiger charge is 2.22. The van der Waals surface area contributed by atoms with Crippen LogP contribution in [0, 0.1) is 0 Å². The molecule has 0 spiro atoms. The maximum absolute atomic E-state index is 13.0. The molecule has 0 saturated carbocycles. The number of aromatic nitrogens is 2. The van der Waals surface area contributed by atoms with Crippen molar-refractivity contribution >= 4 is 17.4 Å². The van der Waals surface area contributed by atoms with Crippen LogP contribution in [0.4, 0.5) is 0 Å². The molecule has 0 N–H and O–H groups in total. The summed E-state index contributed by atoms with van der Waals surface area (Å²) >= 11 is 1.24. The molecular weight excluding hydrogens is 356 g/mol. The third-order valence-electron chi connectivity index (χ3n) is 5.18. The standard InChI is InChI=1S/C21H30N4OS/c1-2-19-20(27-23-22-19)21(26)25-15-9-4-3-8-13-24(14-10-16-25)17-18-11-6-5-7-12-18/h5-7,11-12H,2-4,8-10,13-17H2,1H3. The van der Waals surface area contributed by atoms with Crippen LogP contribution in [0.3, 0.4) is 0 Å². The molecule has 146 valence electrons. The Bertz CT molecular complexity index is 703. The minimum absolute atomic E-state index is 0.121. The summed E-state index contributed by atoms with van der Waals surface area (Å²) < 4.78 is 3.99. The van der Waals surface area contributed by atoms with Crippen molar-refractivity contribution in [1.82, 2.24) is 19.4 Å². The SMILES string of the molecule is CCc1nnsc1C(=O)N1CCCCCCN(Cc2ccccc2)CCC1. The van der Waals surface area contributed by atoms with E-state index in [0.717, 1.165) is 62.6 Å². The van der Waals surface area contributed by atoms with Gasteiger partial charge in [-0.25, -0.2) is 0 Å². The van der Waals surface area contributed by atoms with Gasteiger partial charge >= 0.3 is 0 Å². The molecule has 1 aromatic heterocycles. The van der Waals surface area contributed by atoms with Crippen molar-refractivity contribution in [2.24, 2.45) is 0 Å². The van der Waals surface area contributed by atoms with Crippen molar-refractivity contribution in [2.75, 3.05) is 26.2 Å².